The number of fused-ring (bicyclic) bond motifs is 1. The summed E-state index contributed by atoms with van der Waals surface area (Å²) in [6.07, 6.45) is 4.78. The summed E-state index contributed by atoms with van der Waals surface area (Å²) in [5, 5.41) is 5.57. The number of nitrogens with zero attached hydrogens (tertiary/aromatic N) is 1. The molecule has 2 aromatic carbocycles. The molecule has 1 N–H and O–H groups in total. The standard InChI is InChI=1S/C20H22N2O/c1-21-12-11-20(16-6-3-2-4-7-16)23-15-18-9-5-8-17-14-22-13-10-19(17)18/h2-10,13-14,20-21H,11-12,15H2,1H3. The molecule has 0 aliphatic carbocycles. The third-order valence-corrected chi connectivity index (χ3v) is 4.04. The Hall–Kier alpha value is -2.23. The molecular formula is C20H22N2O. The molecule has 1 heterocycles. The van der Waals surface area contributed by atoms with E-state index in [2.05, 4.69) is 58.8 Å². The molecule has 0 saturated heterocycles. The van der Waals surface area contributed by atoms with Crippen molar-refractivity contribution in [2.75, 3.05) is 13.6 Å². The molecule has 3 rings (SSSR count). The highest BCUT2D eigenvalue weighted by atomic mass is 16.5. The zero-order valence-corrected chi connectivity index (χ0v) is 13.4. The maximum Gasteiger partial charge on any atom is 0.0841 e. The molecule has 1 atom stereocenters. The second kappa shape index (κ2) is 7.86. The fourth-order valence-corrected chi connectivity index (χ4v) is 2.80. The molecule has 1 aromatic heterocycles. The Labute approximate surface area is 137 Å². The Kier molecular flexibility index (Phi) is 5.35. The lowest BCUT2D eigenvalue weighted by atomic mass is 10.1. The minimum Gasteiger partial charge on any atom is -0.369 e. The summed E-state index contributed by atoms with van der Waals surface area (Å²) >= 11 is 0. The predicted octanol–water partition coefficient (Wildman–Crippen LogP) is 4.10. The minimum atomic E-state index is 0.0979. The Morgan fingerprint density at radius 1 is 1.04 bits per heavy atom. The first-order valence-corrected chi connectivity index (χ1v) is 8.01. The number of rotatable bonds is 7. The topological polar surface area (TPSA) is 34.1 Å². The second-order valence-corrected chi connectivity index (χ2v) is 5.62. The highest BCUT2D eigenvalue weighted by Crippen LogP contribution is 2.25. The van der Waals surface area contributed by atoms with E-state index < -0.39 is 0 Å². The van der Waals surface area contributed by atoms with E-state index in [0.717, 1.165) is 18.4 Å². The monoisotopic (exact) mass is 306 g/mol. The highest BCUT2D eigenvalue weighted by molar-refractivity contribution is 5.84. The fraction of sp³-hybridized carbons (Fsp3) is 0.250. The van der Waals surface area contributed by atoms with Crippen LogP contribution in [0.5, 0.6) is 0 Å². The summed E-state index contributed by atoms with van der Waals surface area (Å²) in [5.74, 6) is 0. The van der Waals surface area contributed by atoms with E-state index in [1.165, 1.54) is 16.5 Å². The van der Waals surface area contributed by atoms with Gasteiger partial charge in [0.25, 0.3) is 0 Å². The van der Waals surface area contributed by atoms with E-state index in [1.807, 2.05) is 25.5 Å². The normalized spacial score (nSPS) is 12.4. The molecule has 0 aliphatic heterocycles. The van der Waals surface area contributed by atoms with Gasteiger partial charge in [0, 0.05) is 17.8 Å². The summed E-state index contributed by atoms with van der Waals surface area (Å²) < 4.78 is 6.26. The van der Waals surface area contributed by atoms with Crippen molar-refractivity contribution in [2.45, 2.75) is 19.1 Å². The fourth-order valence-electron chi connectivity index (χ4n) is 2.80. The van der Waals surface area contributed by atoms with Crippen LogP contribution >= 0.6 is 0 Å². The number of hydrogen-bond acceptors (Lipinski definition) is 3. The molecule has 3 nitrogen and oxygen atoms in total. The van der Waals surface area contributed by atoms with Crippen LogP contribution in [0.4, 0.5) is 0 Å². The summed E-state index contributed by atoms with van der Waals surface area (Å²) in [6, 6.07) is 18.8. The molecule has 0 amide bonds. The summed E-state index contributed by atoms with van der Waals surface area (Å²) in [7, 11) is 1.97. The van der Waals surface area contributed by atoms with Gasteiger partial charge in [-0.2, -0.15) is 0 Å². The van der Waals surface area contributed by atoms with Crippen molar-refractivity contribution in [1.29, 1.82) is 0 Å². The van der Waals surface area contributed by atoms with Crippen molar-refractivity contribution in [1.82, 2.24) is 10.3 Å². The third-order valence-electron chi connectivity index (χ3n) is 4.04. The van der Waals surface area contributed by atoms with Crippen molar-refractivity contribution >= 4 is 10.8 Å². The zero-order valence-electron chi connectivity index (χ0n) is 13.4. The molecule has 3 aromatic rings. The SMILES string of the molecule is CNCCC(OCc1cccc2cnccc12)c1ccccc1. The lowest BCUT2D eigenvalue weighted by Gasteiger charge is -2.19. The van der Waals surface area contributed by atoms with Gasteiger partial charge in [0.05, 0.1) is 12.7 Å². The smallest absolute Gasteiger partial charge is 0.0841 e. The Morgan fingerprint density at radius 3 is 2.74 bits per heavy atom. The Bertz CT molecular complexity index is 737. The van der Waals surface area contributed by atoms with Crippen molar-refractivity contribution in [3.63, 3.8) is 0 Å². The molecule has 23 heavy (non-hydrogen) atoms. The molecule has 0 fully saturated rings. The van der Waals surface area contributed by atoms with E-state index in [9.17, 15) is 0 Å². The number of hydrogen-bond donors (Lipinski definition) is 1. The first kappa shape index (κ1) is 15.7. The van der Waals surface area contributed by atoms with Gasteiger partial charge in [-0.3, -0.25) is 4.98 Å². The number of pyridine rings is 1. The molecule has 0 radical (unpaired) electrons. The molecule has 0 aliphatic rings. The molecule has 0 bridgehead atoms. The average Bonchev–Trinajstić information content (AvgIpc) is 2.62. The maximum absolute atomic E-state index is 6.26. The number of nitrogens with one attached hydrogen (secondary N) is 1. The van der Waals surface area contributed by atoms with Gasteiger partial charge in [-0.25, -0.2) is 0 Å². The van der Waals surface area contributed by atoms with Crippen LogP contribution in [-0.4, -0.2) is 18.6 Å². The van der Waals surface area contributed by atoms with E-state index in [4.69, 9.17) is 4.74 Å². The van der Waals surface area contributed by atoms with Gasteiger partial charge in [0.2, 0.25) is 0 Å². The Morgan fingerprint density at radius 2 is 1.91 bits per heavy atom. The van der Waals surface area contributed by atoms with E-state index in [0.29, 0.717) is 6.61 Å². The summed E-state index contributed by atoms with van der Waals surface area (Å²) in [6.45, 7) is 1.53. The summed E-state index contributed by atoms with van der Waals surface area (Å²) in [5.41, 5.74) is 2.43. The van der Waals surface area contributed by atoms with Gasteiger partial charge < -0.3 is 10.1 Å². The predicted molar refractivity (Wildman–Crippen MR) is 94.3 cm³/mol. The van der Waals surface area contributed by atoms with Crippen LogP contribution in [0.3, 0.4) is 0 Å². The van der Waals surface area contributed by atoms with Gasteiger partial charge in [-0.1, -0.05) is 48.5 Å². The first-order valence-electron chi connectivity index (χ1n) is 8.01. The van der Waals surface area contributed by atoms with Crippen molar-refractivity contribution in [3.05, 3.63) is 78.1 Å². The van der Waals surface area contributed by atoms with Gasteiger partial charge in [-0.15, -0.1) is 0 Å². The van der Waals surface area contributed by atoms with Crippen LogP contribution in [0.2, 0.25) is 0 Å². The average molecular weight is 306 g/mol. The number of ether oxygens (including phenoxy) is 1. The van der Waals surface area contributed by atoms with Crippen molar-refractivity contribution < 1.29 is 4.74 Å². The van der Waals surface area contributed by atoms with Crippen LogP contribution in [0, 0.1) is 0 Å². The van der Waals surface area contributed by atoms with E-state index in [-0.39, 0.29) is 6.10 Å². The molecular weight excluding hydrogens is 284 g/mol. The number of aromatic nitrogens is 1. The van der Waals surface area contributed by atoms with Crippen molar-refractivity contribution in [2.24, 2.45) is 0 Å². The highest BCUT2D eigenvalue weighted by Gasteiger charge is 2.12. The van der Waals surface area contributed by atoms with Crippen LogP contribution in [0.1, 0.15) is 23.7 Å². The van der Waals surface area contributed by atoms with E-state index in [1.54, 1.807) is 0 Å². The molecule has 0 saturated carbocycles. The lowest BCUT2D eigenvalue weighted by Crippen LogP contribution is -2.14. The zero-order chi connectivity index (χ0) is 15.9. The van der Waals surface area contributed by atoms with Crippen LogP contribution in [0.15, 0.2) is 67.0 Å². The minimum absolute atomic E-state index is 0.0979. The molecule has 1 unspecified atom stereocenters. The summed E-state index contributed by atoms with van der Waals surface area (Å²) in [4.78, 5) is 4.19. The third kappa shape index (κ3) is 3.95. The Balaban J connectivity index is 1.77. The number of benzene rings is 2. The van der Waals surface area contributed by atoms with Crippen LogP contribution < -0.4 is 5.32 Å². The second-order valence-electron chi connectivity index (χ2n) is 5.62. The van der Waals surface area contributed by atoms with Gasteiger partial charge in [0.15, 0.2) is 0 Å². The van der Waals surface area contributed by atoms with Crippen LogP contribution in [-0.2, 0) is 11.3 Å². The van der Waals surface area contributed by atoms with Crippen LogP contribution in [0.25, 0.3) is 10.8 Å². The maximum atomic E-state index is 6.26. The molecule has 0 spiro atoms. The van der Waals surface area contributed by atoms with Gasteiger partial charge in [0.1, 0.15) is 0 Å². The van der Waals surface area contributed by atoms with Gasteiger partial charge in [-0.05, 0) is 42.6 Å². The van der Waals surface area contributed by atoms with E-state index >= 15 is 0 Å². The first-order chi connectivity index (χ1) is 11.4. The van der Waals surface area contributed by atoms with Gasteiger partial charge >= 0.3 is 0 Å². The molecule has 3 heteroatoms. The largest absolute Gasteiger partial charge is 0.369 e. The quantitative estimate of drug-likeness (QED) is 0.713. The lowest BCUT2D eigenvalue weighted by molar-refractivity contribution is 0.0350. The van der Waals surface area contributed by atoms with Crippen molar-refractivity contribution in [3.8, 4) is 0 Å². The molecule has 118 valence electrons.